The summed E-state index contributed by atoms with van der Waals surface area (Å²) in [7, 11) is 3.34. The van der Waals surface area contributed by atoms with Crippen molar-refractivity contribution in [2.75, 3.05) is 32.5 Å². The zero-order chi connectivity index (χ0) is 15.1. The Balaban J connectivity index is 2.76. The van der Waals surface area contributed by atoms with E-state index in [2.05, 4.69) is 10.6 Å². The van der Waals surface area contributed by atoms with Crippen LogP contribution in [-0.4, -0.2) is 43.9 Å². The molecule has 1 aromatic rings. The van der Waals surface area contributed by atoms with Gasteiger partial charge < -0.3 is 15.5 Å². The number of anilines is 1. The van der Waals surface area contributed by atoms with Crippen LogP contribution in [0.1, 0.15) is 23.7 Å². The van der Waals surface area contributed by atoms with Crippen LogP contribution < -0.4 is 10.6 Å². The number of carbonyl (C=O) groups is 2. The molecule has 2 amide bonds. The molecule has 0 saturated carbocycles. The van der Waals surface area contributed by atoms with E-state index in [-0.39, 0.29) is 11.8 Å². The zero-order valence-electron chi connectivity index (χ0n) is 12.0. The molecule has 5 nitrogen and oxygen atoms in total. The smallest absolute Gasteiger partial charge is 0.253 e. The van der Waals surface area contributed by atoms with Crippen LogP contribution in [0.5, 0.6) is 0 Å². The first kappa shape index (κ1) is 16.5. The molecule has 0 aliphatic heterocycles. The standard InChI is InChI=1S/C14H20ClN3O2/c1-4-16-8-7-13(19)17-12-9-10(5-6-11(12)15)14(20)18(2)3/h5-6,9,16H,4,7-8H2,1-3H3,(H,17,19). The lowest BCUT2D eigenvalue weighted by Gasteiger charge is -2.13. The monoisotopic (exact) mass is 297 g/mol. The Hall–Kier alpha value is -1.59. The molecule has 0 aliphatic carbocycles. The molecule has 0 saturated heterocycles. The van der Waals surface area contributed by atoms with Gasteiger partial charge in [0.05, 0.1) is 10.7 Å². The highest BCUT2D eigenvalue weighted by Crippen LogP contribution is 2.23. The second-order valence-corrected chi connectivity index (χ2v) is 4.95. The van der Waals surface area contributed by atoms with E-state index in [9.17, 15) is 9.59 Å². The Bertz CT molecular complexity index is 489. The topological polar surface area (TPSA) is 61.4 Å². The fourth-order valence-corrected chi connectivity index (χ4v) is 1.77. The number of hydrogen-bond acceptors (Lipinski definition) is 3. The minimum Gasteiger partial charge on any atom is -0.345 e. The van der Waals surface area contributed by atoms with Crippen LogP contribution in [0, 0.1) is 0 Å². The van der Waals surface area contributed by atoms with Gasteiger partial charge in [-0.1, -0.05) is 18.5 Å². The van der Waals surface area contributed by atoms with Crippen molar-refractivity contribution in [1.82, 2.24) is 10.2 Å². The molecular formula is C14H20ClN3O2. The predicted octanol–water partition coefficient (Wildman–Crippen LogP) is 1.98. The highest BCUT2D eigenvalue weighted by Gasteiger charge is 2.12. The summed E-state index contributed by atoms with van der Waals surface area (Å²) in [6.45, 7) is 3.40. The van der Waals surface area contributed by atoms with Gasteiger partial charge in [0.25, 0.3) is 5.91 Å². The molecule has 0 aromatic heterocycles. The third-order valence-corrected chi connectivity index (χ3v) is 3.00. The zero-order valence-corrected chi connectivity index (χ0v) is 12.8. The van der Waals surface area contributed by atoms with Crippen molar-refractivity contribution in [2.24, 2.45) is 0 Å². The molecule has 0 radical (unpaired) electrons. The Labute approximate surface area is 124 Å². The number of carbonyl (C=O) groups excluding carboxylic acids is 2. The normalized spacial score (nSPS) is 10.2. The van der Waals surface area contributed by atoms with Gasteiger partial charge in [0.1, 0.15) is 0 Å². The molecule has 0 atom stereocenters. The Morgan fingerprint density at radius 2 is 2.00 bits per heavy atom. The third kappa shape index (κ3) is 4.83. The van der Waals surface area contributed by atoms with E-state index >= 15 is 0 Å². The summed E-state index contributed by atoms with van der Waals surface area (Å²) in [6.07, 6.45) is 0.357. The minimum absolute atomic E-state index is 0.134. The van der Waals surface area contributed by atoms with Crippen LogP contribution in [0.2, 0.25) is 5.02 Å². The maximum absolute atomic E-state index is 11.9. The first-order valence-corrected chi connectivity index (χ1v) is 6.85. The van der Waals surface area contributed by atoms with E-state index in [1.165, 1.54) is 4.90 Å². The van der Waals surface area contributed by atoms with E-state index in [1.807, 2.05) is 6.92 Å². The lowest BCUT2D eigenvalue weighted by Crippen LogP contribution is -2.23. The van der Waals surface area contributed by atoms with Gasteiger partial charge in [-0.05, 0) is 24.7 Å². The van der Waals surface area contributed by atoms with Crippen molar-refractivity contribution in [3.05, 3.63) is 28.8 Å². The molecule has 2 N–H and O–H groups in total. The molecule has 1 aromatic carbocycles. The molecule has 0 heterocycles. The van der Waals surface area contributed by atoms with E-state index in [0.29, 0.717) is 29.2 Å². The van der Waals surface area contributed by atoms with Crippen molar-refractivity contribution in [2.45, 2.75) is 13.3 Å². The van der Waals surface area contributed by atoms with E-state index in [4.69, 9.17) is 11.6 Å². The molecule has 6 heteroatoms. The number of nitrogens with one attached hydrogen (secondary N) is 2. The largest absolute Gasteiger partial charge is 0.345 e. The van der Waals surface area contributed by atoms with E-state index in [0.717, 1.165) is 6.54 Å². The highest BCUT2D eigenvalue weighted by atomic mass is 35.5. The summed E-state index contributed by atoms with van der Waals surface area (Å²) in [4.78, 5) is 25.1. The second-order valence-electron chi connectivity index (χ2n) is 4.55. The average Bonchev–Trinajstić information content (AvgIpc) is 2.40. The first-order valence-electron chi connectivity index (χ1n) is 6.47. The van der Waals surface area contributed by atoms with Gasteiger partial charge in [-0.3, -0.25) is 9.59 Å². The third-order valence-electron chi connectivity index (χ3n) is 2.67. The molecule has 1 rings (SSSR count). The molecule has 110 valence electrons. The van der Waals surface area contributed by atoms with E-state index in [1.54, 1.807) is 32.3 Å². The van der Waals surface area contributed by atoms with E-state index < -0.39 is 0 Å². The number of rotatable bonds is 6. The molecule has 0 spiro atoms. The number of amides is 2. The van der Waals surface area contributed by atoms with Gasteiger partial charge in [-0.25, -0.2) is 0 Å². The number of halogens is 1. The highest BCUT2D eigenvalue weighted by molar-refractivity contribution is 6.33. The van der Waals surface area contributed by atoms with Gasteiger partial charge in [-0.15, -0.1) is 0 Å². The lowest BCUT2D eigenvalue weighted by molar-refractivity contribution is -0.116. The second kappa shape index (κ2) is 7.87. The first-order chi connectivity index (χ1) is 9.45. The molecule has 0 unspecified atom stereocenters. The number of hydrogen-bond donors (Lipinski definition) is 2. The lowest BCUT2D eigenvalue weighted by atomic mass is 10.1. The fourth-order valence-electron chi connectivity index (χ4n) is 1.60. The summed E-state index contributed by atoms with van der Waals surface area (Å²) in [5, 5.41) is 6.21. The minimum atomic E-state index is -0.137. The van der Waals surface area contributed by atoms with Crippen LogP contribution in [0.25, 0.3) is 0 Å². The summed E-state index contributed by atoms with van der Waals surface area (Å²) >= 11 is 6.03. The van der Waals surface area contributed by atoms with Gasteiger partial charge in [0.15, 0.2) is 0 Å². The van der Waals surface area contributed by atoms with Crippen molar-refractivity contribution in [1.29, 1.82) is 0 Å². The molecular weight excluding hydrogens is 278 g/mol. The molecule has 20 heavy (non-hydrogen) atoms. The van der Waals surface area contributed by atoms with Crippen molar-refractivity contribution >= 4 is 29.1 Å². The average molecular weight is 298 g/mol. The van der Waals surface area contributed by atoms with Crippen LogP contribution in [0.3, 0.4) is 0 Å². The predicted molar refractivity (Wildman–Crippen MR) is 81.3 cm³/mol. The fraction of sp³-hybridized carbons (Fsp3) is 0.429. The number of nitrogens with zero attached hydrogens (tertiary/aromatic N) is 1. The SMILES string of the molecule is CCNCCC(=O)Nc1cc(C(=O)N(C)C)ccc1Cl. The van der Waals surface area contributed by atoms with Crippen LogP contribution >= 0.6 is 11.6 Å². The van der Waals surface area contributed by atoms with Gasteiger partial charge in [-0.2, -0.15) is 0 Å². The Morgan fingerprint density at radius 3 is 2.60 bits per heavy atom. The molecule has 0 bridgehead atoms. The maximum Gasteiger partial charge on any atom is 0.253 e. The van der Waals surface area contributed by atoms with Gasteiger partial charge in [0, 0.05) is 32.6 Å². The molecule has 0 fully saturated rings. The van der Waals surface area contributed by atoms with Gasteiger partial charge in [0.2, 0.25) is 5.91 Å². The van der Waals surface area contributed by atoms with Crippen LogP contribution in [0.15, 0.2) is 18.2 Å². The van der Waals surface area contributed by atoms with Crippen molar-refractivity contribution < 1.29 is 9.59 Å². The quantitative estimate of drug-likeness (QED) is 0.789. The summed E-state index contributed by atoms with van der Waals surface area (Å²) in [5.41, 5.74) is 0.947. The maximum atomic E-state index is 11.9. The van der Waals surface area contributed by atoms with Crippen LogP contribution in [-0.2, 0) is 4.79 Å². The summed E-state index contributed by atoms with van der Waals surface area (Å²) < 4.78 is 0. The summed E-state index contributed by atoms with van der Waals surface area (Å²) in [6, 6.07) is 4.84. The van der Waals surface area contributed by atoms with Crippen molar-refractivity contribution in [3.8, 4) is 0 Å². The number of benzene rings is 1. The van der Waals surface area contributed by atoms with Crippen molar-refractivity contribution in [3.63, 3.8) is 0 Å². The Kier molecular flexibility index (Phi) is 6.48. The molecule has 0 aliphatic rings. The summed E-state index contributed by atoms with van der Waals surface area (Å²) in [5.74, 6) is -0.271. The van der Waals surface area contributed by atoms with Crippen LogP contribution in [0.4, 0.5) is 5.69 Å². The van der Waals surface area contributed by atoms with Gasteiger partial charge >= 0.3 is 0 Å². The Morgan fingerprint density at radius 1 is 1.30 bits per heavy atom.